The topological polar surface area (TPSA) is 68.1 Å². The van der Waals surface area contributed by atoms with Crippen molar-refractivity contribution in [2.75, 3.05) is 6.54 Å². The molecule has 5 nitrogen and oxygen atoms in total. The molecule has 2 atom stereocenters. The number of rotatable bonds is 6. The van der Waals surface area contributed by atoms with Crippen LogP contribution in [0.2, 0.25) is 0 Å². The minimum atomic E-state index is -0.440. The van der Waals surface area contributed by atoms with Crippen molar-refractivity contribution in [2.45, 2.75) is 39.2 Å². The third-order valence-corrected chi connectivity index (χ3v) is 3.60. The van der Waals surface area contributed by atoms with Gasteiger partial charge in [-0.3, -0.25) is 15.1 Å². The van der Waals surface area contributed by atoms with Crippen LogP contribution >= 0.6 is 15.9 Å². The minimum absolute atomic E-state index is 0.00648. The van der Waals surface area contributed by atoms with Crippen molar-refractivity contribution in [1.82, 2.24) is 10.3 Å². The van der Waals surface area contributed by atoms with Gasteiger partial charge in [0.15, 0.2) is 0 Å². The second kappa shape index (κ2) is 6.80. The molecule has 0 aliphatic carbocycles. The summed E-state index contributed by atoms with van der Waals surface area (Å²) >= 11 is 3.36. The van der Waals surface area contributed by atoms with Crippen LogP contribution in [-0.4, -0.2) is 22.5 Å². The summed E-state index contributed by atoms with van der Waals surface area (Å²) in [5.41, 5.74) is 0.851. The summed E-state index contributed by atoms with van der Waals surface area (Å²) in [6, 6.07) is 1.78. The molecule has 1 aromatic heterocycles. The summed E-state index contributed by atoms with van der Waals surface area (Å²) in [6.45, 7) is 7.22. The zero-order chi connectivity index (χ0) is 13.7. The molecule has 0 radical (unpaired) electrons. The second-order valence-corrected chi connectivity index (χ2v) is 5.20. The molecule has 0 aromatic carbocycles. The third-order valence-electron chi connectivity index (χ3n) is 2.96. The Balaban J connectivity index is 2.86. The smallest absolute Gasteiger partial charge is 0.288 e. The first-order valence-corrected chi connectivity index (χ1v) is 6.79. The predicted octanol–water partition coefficient (Wildman–Crippen LogP) is 3.24. The van der Waals surface area contributed by atoms with Crippen molar-refractivity contribution in [2.24, 2.45) is 0 Å². The van der Waals surface area contributed by atoms with Crippen LogP contribution in [0.15, 0.2) is 16.7 Å². The fourth-order valence-corrected chi connectivity index (χ4v) is 2.36. The summed E-state index contributed by atoms with van der Waals surface area (Å²) in [5.74, 6) is 0.187. The minimum Gasteiger partial charge on any atom is -0.314 e. The highest BCUT2D eigenvalue weighted by Crippen LogP contribution is 2.28. The van der Waals surface area contributed by atoms with Crippen LogP contribution in [0.1, 0.15) is 38.8 Å². The predicted molar refractivity (Wildman–Crippen MR) is 74.8 cm³/mol. The number of nitrogens with one attached hydrogen (secondary N) is 1. The highest BCUT2D eigenvalue weighted by molar-refractivity contribution is 9.10. The molecule has 6 heteroatoms. The van der Waals surface area contributed by atoms with E-state index in [1.165, 1.54) is 12.3 Å². The molecule has 1 N–H and O–H groups in total. The molecule has 0 bridgehead atoms. The lowest BCUT2D eigenvalue weighted by Gasteiger charge is -2.21. The number of pyridine rings is 1. The zero-order valence-corrected chi connectivity index (χ0v) is 12.4. The van der Waals surface area contributed by atoms with E-state index in [-0.39, 0.29) is 17.6 Å². The van der Waals surface area contributed by atoms with Crippen molar-refractivity contribution < 1.29 is 4.92 Å². The lowest BCUT2D eigenvalue weighted by molar-refractivity contribution is -0.385. The Morgan fingerprint density at radius 1 is 1.56 bits per heavy atom. The van der Waals surface area contributed by atoms with Gasteiger partial charge in [-0.05, 0) is 35.8 Å². The summed E-state index contributed by atoms with van der Waals surface area (Å²) in [5, 5.41) is 14.0. The lowest BCUT2D eigenvalue weighted by Crippen LogP contribution is -2.32. The molecule has 0 amide bonds. The first-order chi connectivity index (χ1) is 8.47. The largest absolute Gasteiger partial charge is 0.314 e. The van der Waals surface area contributed by atoms with Crippen molar-refractivity contribution in [3.8, 4) is 0 Å². The molecule has 0 spiro atoms. The van der Waals surface area contributed by atoms with E-state index in [0.717, 1.165) is 18.7 Å². The second-order valence-electron chi connectivity index (χ2n) is 4.35. The van der Waals surface area contributed by atoms with Gasteiger partial charge < -0.3 is 5.32 Å². The standard InChI is InChI=1S/C12H18BrN3O2/c1-4-5-14-9(3)8(2)12-11(13)6-10(7-15-12)16(17)18/h6-9,14H,4-5H2,1-3H3. The Labute approximate surface area is 115 Å². The molecule has 2 unspecified atom stereocenters. The summed E-state index contributed by atoms with van der Waals surface area (Å²) in [6.07, 6.45) is 2.38. The van der Waals surface area contributed by atoms with Crippen LogP contribution in [0.5, 0.6) is 0 Å². The Bertz CT molecular complexity index is 426. The number of nitro groups is 1. The first kappa shape index (κ1) is 15.0. The Kier molecular flexibility index (Phi) is 5.68. The molecule has 0 saturated carbocycles. The highest BCUT2D eigenvalue weighted by atomic mass is 79.9. The van der Waals surface area contributed by atoms with E-state index in [1.807, 2.05) is 0 Å². The summed E-state index contributed by atoms with van der Waals surface area (Å²) < 4.78 is 0.689. The molecular weight excluding hydrogens is 298 g/mol. The average Bonchev–Trinajstić information content (AvgIpc) is 2.34. The SMILES string of the molecule is CCCNC(C)C(C)c1ncc([N+](=O)[O-])cc1Br. The molecule has 1 rings (SSSR count). The maximum atomic E-state index is 10.6. The first-order valence-electron chi connectivity index (χ1n) is 6.00. The van der Waals surface area contributed by atoms with Gasteiger partial charge in [-0.1, -0.05) is 13.8 Å². The fourth-order valence-electron chi connectivity index (χ4n) is 1.66. The monoisotopic (exact) mass is 315 g/mol. The highest BCUT2D eigenvalue weighted by Gasteiger charge is 2.19. The van der Waals surface area contributed by atoms with Gasteiger partial charge in [0.25, 0.3) is 5.69 Å². The molecule has 0 fully saturated rings. The number of nitrogens with zero attached hydrogens (tertiary/aromatic N) is 2. The summed E-state index contributed by atoms with van der Waals surface area (Å²) in [4.78, 5) is 14.4. The summed E-state index contributed by atoms with van der Waals surface area (Å²) in [7, 11) is 0. The molecule has 100 valence electrons. The van der Waals surface area contributed by atoms with Crippen molar-refractivity contribution in [3.63, 3.8) is 0 Å². The van der Waals surface area contributed by atoms with Gasteiger partial charge >= 0.3 is 0 Å². The van der Waals surface area contributed by atoms with Crippen LogP contribution in [0.25, 0.3) is 0 Å². The van der Waals surface area contributed by atoms with Crippen LogP contribution in [0.4, 0.5) is 5.69 Å². The van der Waals surface area contributed by atoms with Crippen LogP contribution in [0, 0.1) is 10.1 Å². The molecular formula is C12H18BrN3O2. The van der Waals surface area contributed by atoms with Gasteiger partial charge in [-0.2, -0.15) is 0 Å². The van der Waals surface area contributed by atoms with E-state index in [9.17, 15) is 10.1 Å². The van der Waals surface area contributed by atoms with Crippen LogP contribution < -0.4 is 5.32 Å². The quantitative estimate of drug-likeness (QED) is 0.646. The number of hydrogen-bond donors (Lipinski definition) is 1. The Morgan fingerprint density at radius 3 is 2.72 bits per heavy atom. The average molecular weight is 316 g/mol. The number of aromatic nitrogens is 1. The van der Waals surface area contributed by atoms with E-state index in [4.69, 9.17) is 0 Å². The normalized spacial score (nSPS) is 14.2. The van der Waals surface area contributed by atoms with Crippen molar-refractivity contribution in [3.05, 3.63) is 32.5 Å². The van der Waals surface area contributed by atoms with E-state index >= 15 is 0 Å². The molecule has 18 heavy (non-hydrogen) atoms. The van der Waals surface area contributed by atoms with Crippen molar-refractivity contribution >= 4 is 21.6 Å². The molecule has 0 aliphatic rings. The number of hydrogen-bond acceptors (Lipinski definition) is 4. The van der Waals surface area contributed by atoms with Gasteiger partial charge in [-0.15, -0.1) is 0 Å². The van der Waals surface area contributed by atoms with Gasteiger partial charge in [0.1, 0.15) is 6.20 Å². The lowest BCUT2D eigenvalue weighted by atomic mass is 9.99. The van der Waals surface area contributed by atoms with E-state index < -0.39 is 4.92 Å². The maximum Gasteiger partial charge on any atom is 0.288 e. The van der Waals surface area contributed by atoms with Gasteiger partial charge in [0.05, 0.1) is 10.6 Å². The molecule has 0 aliphatic heterocycles. The number of halogens is 1. The molecule has 0 saturated heterocycles. The van der Waals surface area contributed by atoms with Crippen LogP contribution in [0.3, 0.4) is 0 Å². The Morgan fingerprint density at radius 2 is 2.22 bits per heavy atom. The third kappa shape index (κ3) is 3.74. The molecule has 1 heterocycles. The van der Waals surface area contributed by atoms with Gasteiger partial charge in [0.2, 0.25) is 0 Å². The van der Waals surface area contributed by atoms with Gasteiger partial charge in [-0.25, -0.2) is 0 Å². The zero-order valence-electron chi connectivity index (χ0n) is 10.8. The van der Waals surface area contributed by atoms with E-state index in [1.54, 1.807) is 0 Å². The van der Waals surface area contributed by atoms with E-state index in [0.29, 0.717) is 4.47 Å². The molecule has 1 aromatic rings. The van der Waals surface area contributed by atoms with Gasteiger partial charge in [0, 0.05) is 22.5 Å². The maximum absolute atomic E-state index is 10.6. The Hall–Kier alpha value is -1.01. The fraction of sp³-hybridized carbons (Fsp3) is 0.583. The van der Waals surface area contributed by atoms with Crippen LogP contribution in [-0.2, 0) is 0 Å². The van der Waals surface area contributed by atoms with E-state index in [2.05, 4.69) is 47.0 Å². The van der Waals surface area contributed by atoms with Crippen molar-refractivity contribution in [1.29, 1.82) is 0 Å².